The second-order valence-corrected chi connectivity index (χ2v) is 5.11. The predicted molar refractivity (Wildman–Crippen MR) is 71.8 cm³/mol. The van der Waals surface area contributed by atoms with Crippen molar-refractivity contribution in [1.29, 1.82) is 0 Å². The summed E-state index contributed by atoms with van der Waals surface area (Å²) < 4.78 is 1.64. The standard InChI is InChI=1S/C14H16N4O2/c1-18-10(8-16-17-18)7-15-14(20)13-6-12(13)9-3-2-4-11(19)5-9/h2-5,8,12-13,19H,6-7H2,1H3,(H,15,20)/t12-,13+/m0/s1. The first-order valence-corrected chi connectivity index (χ1v) is 6.55. The van der Waals surface area contributed by atoms with E-state index in [0.29, 0.717) is 6.54 Å². The van der Waals surface area contributed by atoms with E-state index in [-0.39, 0.29) is 23.5 Å². The number of carbonyl (C=O) groups is 1. The molecule has 6 nitrogen and oxygen atoms in total. The molecule has 104 valence electrons. The largest absolute Gasteiger partial charge is 0.508 e. The number of nitrogens with one attached hydrogen (secondary N) is 1. The minimum atomic E-state index is -0.00186. The van der Waals surface area contributed by atoms with E-state index in [1.165, 1.54) is 0 Å². The second-order valence-electron chi connectivity index (χ2n) is 5.11. The number of nitrogens with zero attached hydrogens (tertiary/aromatic N) is 3. The first kappa shape index (κ1) is 12.7. The number of carbonyl (C=O) groups excluding carboxylic acids is 1. The summed E-state index contributed by atoms with van der Waals surface area (Å²) in [6.07, 6.45) is 2.47. The van der Waals surface area contributed by atoms with Crippen LogP contribution >= 0.6 is 0 Å². The van der Waals surface area contributed by atoms with E-state index in [1.807, 2.05) is 6.07 Å². The molecule has 3 rings (SSSR count). The third-order valence-corrected chi connectivity index (χ3v) is 3.68. The van der Waals surface area contributed by atoms with Gasteiger partial charge in [0.1, 0.15) is 5.75 Å². The summed E-state index contributed by atoms with van der Waals surface area (Å²) in [7, 11) is 1.79. The number of benzene rings is 1. The molecule has 0 saturated heterocycles. The van der Waals surface area contributed by atoms with Crippen LogP contribution in [0.5, 0.6) is 5.75 Å². The third kappa shape index (κ3) is 2.49. The number of phenolic OH excluding ortho intramolecular Hbond substituents is 1. The molecule has 2 aromatic rings. The smallest absolute Gasteiger partial charge is 0.224 e. The van der Waals surface area contributed by atoms with E-state index in [0.717, 1.165) is 17.7 Å². The van der Waals surface area contributed by atoms with Gasteiger partial charge in [-0.2, -0.15) is 0 Å². The summed E-state index contributed by atoms with van der Waals surface area (Å²) in [5, 5.41) is 19.9. The average molecular weight is 272 g/mol. The summed E-state index contributed by atoms with van der Waals surface area (Å²) in [6, 6.07) is 7.11. The lowest BCUT2D eigenvalue weighted by Gasteiger charge is -2.05. The van der Waals surface area contributed by atoms with Crippen LogP contribution in [0.2, 0.25) is 0 Å². The third-order valence-electron chi connectivity index (χ3n) is 3.68. The highest BCUT2D eigenvalue weighted by molar-refractivity contribution is 5.82. The van der Waals surface area contributed by atoms with Crippen molar-refractivity contribution in [3.63, 3.8) is 0 Å². The second kappa shape index (κ2) is 4.96. The molecule has 1 aromatic carbocycles. The van der Waals surface area contributed by atoms with Crippen molar-refractivity contribution >= 4 is 5.91 Å². The van der Waals surface area contributed by atoms with E-state index in [4.69, 9.17) is 0 Å². The van der Waals surface area contributed by atoms with E-state index >= 15 is 0 Å². The Hall–Kier alpha value is -2.37. The minimum Gasteiger partial charge on any atom is -0.508 e. The van der Waals surface area contributed by atoms with Crippen LogP contribution in [0.1, 0.15) is 23.6 Å². The monoisotopic (exact) mass is 272 g/mol. The molecule has 20 heavy (non-hydrogen) atoms. The van der Waals surface area contributed by atoms with Crippen molar-refractivity contribution in [1.82, 2.24) is 20.3 Å². The van der Waals surface area contributed by atoms with Crippen molar-refractivity contribution in [3.05, 3.63) is 41.7 Å². The van der Waals surface area contributed by atoms with Crippen molar-refractivity contribution in [2.45, 2.75) is 18.9 Å². The molecule has 1 aromatic heterocycles. The number of aromatic nitrogens is 3. The Labute approximate surface area is 116 Å². The van der Waals surface area contributed by atoms with Crippen molar-refractivity contribution in [2.24, 2.45) is 13.0 Å². The summed E-state index contributed by atoms with van der Waals surface area (Å²) in [6.45, 7) is 0.436. The van der Waals surface area contributed by atoms with Gasteiger partial charge in [0.25, 0.3) is 0 Å². The number of rotatable bonds is 4. The van der Waals surface area contributed by atoms with Gasteiger partial charge in [-0.05, 0) is 30.0 Å². The van der Waals surface area contributed by atoms with Crippen LogP contribution in [0.25, 0.3) is 0 Å². The lowest BCUT2D eigenvalue weighted by atomic mass is 10.1. The Balaban J connectivity index is 1.56. The van der Waals surface area contributed by atoms with E-state index in [1.54, 1.807) is 36.1 Å². The van der Waals surface area contributed by atoms with Crippen molar-refractivity contribution in [3.8, 4) is 5.75 Å². The Morgan fingerprint density at radius 1 is 1.55 bits per heavy atom. The SMILES string of the molecule is Cn1nncc1CNC(=O)[C@@H]1C[C@H]1c1cccc(O)c1. The Morgan fingerprint density at radius 3 is 3.10 bits per heavy atom. The summed E-state index contributed by atoms with van der Waals surface area (Å²) >= 11 is 0. The normalized spacial score (nSPS) is 20.6. The molecule has 1 aliphatic carbocycles. The molecule has 1 saturated carbocycles. The van der Waals surface area contributed by atoms with Gasteiger partial charge < -0.3 is 10.4 Å². The molecule has 2 N–H and O–H groups in total. The van der Waals surface area contributed by atoms with Gasteiger partial charge in [0, 0.05) is 13.0 Å². The van der Waals surface area contributed by atoms with Crippen LogP contribution < -0.4 is 5.32 Å². The van der Waals surface area contributed by atoms with Gasteiger partial charge >= 0.3 is 0 Å². The molecule has 2 atom stereocenters. The fourth-order valence-electron chi connectivity index (χ4n) is 2.39. The quantitative estimate of drug-likeness (QED) is 0.868. The maximum atomic E-state index is 12.1. The lowest BCUT2D eigenvalue weighted by Crippen LogP contribution is -2.25. The highest BCUT2D eigenvalue weighted by Gasteiger charge is 2.43. The highest BCUT2D eigenvalue weighted by Crippen LogP contribution is 2.48. The number of phenols is 1. The minimum absolute atomic E-state index is 0.00186. The summed E-state index contributed by atoms with van der Waals surface area (Å²) in [5.41, 5.74) is 1.89. The van der Waals surface area contributed by atoms with Crippen LogP contribution in [-0.2, 0) is 18.4 Å². The van der Waals surface area contributed by atoms with Gasteiger partial charge in [-0.25, -0.2) is 0 Å². The average Bonchev–Trinajstić information content (AvgIpc) is 3.13. The molecule has 1 heterocycles. The van der Waals surface area contributed by atoms with Gasteiger partial charge in [0.15, 0.2) is 0 Å². The number of hydrogen-bond donors (Lipinski definition) is 2. The number of aromatic hydroxyl groups is 1. The maximum Gasteiger partial charge on any atom is 0.224 e. The Kier molecular flexibility index (Phi) is 3.14. The first-order chi connectivity index (χ1) is 9.65. The van der Waals surface area contributed by atoms with Crippen LogP contribution in [-0.4, -0.2) is 26.0 Å². The number of hydrogen-bond acceptors (Lipinski definition) is 4. The van der Waals surface area contributed by atoms with Gasteiger partial charge in [0.2, 0.25) is 5.91 Å². The zero-order valence-electron chi connectivity index (χ0n) is 11.2. The molecular formula is C14H16N4O2. The van der Waals surface area contributed by atoms with E-state index < -0.39 is 0 Å². The Bertz CT molecular complexity index is 638. The van der Waals surface area contributed by atoms with Crippen LogP contribution in [0.3, 0.4) is 0 Å². The molecule has 1 fully saturated rings. The molecule has 0 aliphatic heterocycles. The summed E-state index contributed by atoms with van der Waals surface area (Å²) in [5.74, 6) is 0.499. The fraction of sp³-hybridized carbons (Fsp3) is 0.357. The fourth-order valence-corrected chi connectivity index (χ4v) is 2.39. The number of aryl methyl sites for hydroxylation is 1. The van der Waals surface area contributed by atoms with E-state index in [2.05, 4.69) is 15.6 Å². The van der Waals surface area contributed by atoms with Crippen molar-refractivity contribution in [2.75, 3.05) is 0 Å². The van der Waals surface area contributed by atoms with Crippen LogP contribution in [0.4, 0.5) is 0 Å². The first-order valence-electron chi connectivity index (χ1n) is 6.55. The van der Waals surface area contributed by atoms with Crippen molar-refractivity contribution < 1.29 is 9.90 Å². The van der Waals surface area contributed by atoms with Gasteiger partial charge in [-0.3, -0.25) is 9.48 Å². The van der Waals surface area contributed by atoms with Gasteiger partial charge in [0.05, 0.1) is 18.4 Å². The molecular weight excluding hydrogens is 256 g/mol. The maximum absolute atomic E-state index is 12.1. The highest BCUT2D eigenvalue weighted by atomic mass is 16.3. The Morgan fingerprint density at radius 2 is 2.40 bits per heavy atom. The predicted octanol–water partition coefficient (Wildman–Crippen LogP) is 0.941. The topological polar surface area (TPSA) is 80.0 Å². The molecule has 0 radical (unpaired) electrons. The number of amides is 1. The molecule has 1 amide bonds. The van der Waals surface area contributed by atoms with Gasteiger partial charge in [-0.1, -0.05) is 17.3 Å². The zero-order valence-corrected chi connectivity index (χ0v) is 11.2. The molecule has 0 bridgehead atoms. The molecule has 6 heteroatoms. The van der Waals surface area contributed by atoms with Crippen LogP contribution in [0, 0.1) is 5.92 Å². The lowest BCUT2D eigenvalue weighted by molar-refractivity contribution is -0.122. The molecule has 0 spiro atoms. The molecule has 0 unspecified atom stereocenters. The summed E-state index contributed by atoms with van der Waals surface area (Å²) in [4.78, 5) is 12.1. The van der Waals surface area contributed by atoms with Crippen LogP contribution in [0.15, 0.2) is 30.5 Å². The zero-order chi connectivity index (χ0) is 14.1. The van der Waals surface area contributed by atoms with Gasteiger partial charge in [-0.15, -0.1) is 5.10 Å². The molecule has 1 aliphatic rings. The van der Waals surface area contributed by atoms with E-state index in [9.17, 15) is 9.90 Å².